The summed E-state index contributed by atoms with van der Waals surface area (Å²) >= 11 is 7.39. The van der Waals surface area contributed by atoms with Crippen molar-refractivity contribution in [3.05, 3.63) is 83.0 Å². The molecule has 4 aromatic rings. The van der Waals surface area contributed by atoms with E-state index >= 15 is 0 Å². The highest BCUT2D eigenvalue weighted by Crippen LogP contribution is 2.32. The van der Waals surface area contributed by atoms with Gasteiger partial charge in [0.2, 0.25) is 0 Å². The van der Waals surface area contributed by atoms with Crippen molar-refractivity contribution < 1.29 is 9.53 Å². The van der Waals surface area contributed by atoms with Crippen LogP contribution in [0.5, 0.6) is 11.5 Å². The first kappa shape index (κ1) is 19.1. The van der Waals surface area contributed by atoms with Gasteiger partial charge >= 0.3 is 0 Å². The average Bonchev–Trinajstić information content (AvgIpc) is 3.20. The Hall–Kier alpha value is -3.22. The number of aromatic nitrogens is 2. The number of ether oxygens (including phenoxy) is 1. The molecule has 0 aliphatic heterocycles. The lowest BCUT2D eigenvalue weighted by Gasteiger charge is -2.12. The third kappa shape index (κ3) is 4.62. The topological polar surface area (TPSA) is 64.1 Å². The standard InChI is InChI=1S/C22H16ClN3O2S/c1-14(27)19-11-17(6-9-21(19)28-18-7-4-16(23)5-8-18)25-22-26-20(13-29-22)15-3-2-10-24-12-15/h2-13H,1H3,(H,25,26). The number of benzene rings is 2. The number of Topliss-reactive ketones (excluding diaryl/α,β-unsaturated/α-hetero) is 1. The molecule has 0 amide bonds. The van der Waals surface area contributed by atoms with E-state index in [9.17, 15) is 4.79 Å². The molecule has 29 heavy (non-hydrogen) atoms. The summed E-state index contributed by atoms with van der Waals surface area (Å²) in [6, 6.07) is 16.2. The molecule has 0 spiro atoms. The molecule has 4 rings (SSSR count). The Labute approximate surface area is 177 Å². The maximum Gasteiger partial charge on any atom is 0.187 e. The lowest BCUT2D eigenvalue weighted by atomic mass is 10.1. The van der Waals surface area contributed by atoms with Crippen LogP contribution < -0.4 is 10.1 Å². The number of nitrogens with one attached hydrogen (secondary N) is 1. The second kappa shape index (κ2) is 8.43. The van der Waals surface area contributed by atoms with Crippen LogP contribution in [-0.4, -0.2) is 15.8 Å². The molecule has 0 saturated carbocycles. The molecule has 0 atom stereocenters. The summed E-state index contributed by atoms with van der Waals surface area (Å²) in [5, 5.41) is 6.56. The molecule has 144 valence electrons. The van der Waals surface area contributed by atoms with E-state index in [4.69, 9.17) is 16.3 Å². The molecule has 2 aromatic carbocycles. The van der Waals surface area contributed by atoms with E-state index in [0.29, 0.717) is 22.1 Å². The Morgan fingerprint density at radius 1 is 1.14 bits per heavy atom. The third-order valence-corrected chi connectivity index (χ3v) is 5.12. The summed E-state index contributed by atoms with van der Waals surface area (Å²) in [4.78, 5) is 20.9. The SMILES string of the molecule is CC(=O)c1cc(Nc2nc(-c3cccnc3)cs2)ccc1Oc1ccc(Cl)cc1. The Morgan fingerprint density at radius 2 is 1.97 bits per heavy atom. The van der Waals surface area contributed by atoms with Crippen LogP contribution in [0.2, 0.25) is 5.02 Å². The molecular weight excluding hydrogens is 406 g/mol. The predicted octanol–water partition coefficient (Wildman–Crippen LogP) is 6.60. The fourth-order valence-electron chi connectivity index (χ4n) is 2.70. The molecule has 0 unspecified atom stereocenters. The molecule has 0 radical (unpaired) electrons. The molecule has 0 fully saturated rings. The van der Waals surface area contributed by atoms with Crippen LogP contribution in [0, 0.1) is 0 Å². The number of halogens is 1. The number of carbonyl (C=O) groups excluding carboxylic acids is 1. The first-order valence-electron chi connectivity index (χ1n) is 8.80. The van der Waals surface area contributed by atoms with Crippen LogP contribution in [-0.2, 0) is 0 Å². The van der Waals surface area contributed by atoms with Crippen molar-refractivity contribution in [1.29, 1.82) is 0 Å². The number of pyridine rings is 1. The first-order valence-corrected chi connectivity index (χ1v) is 10.1. The minimum Gasteiger partial charge on any atom is -0.457 e. The number of rotatable bonds is 6. The van der Waals surface area contributed by atoms with Crippen molar-refractivity contribution in [3.63, 3.8) is 0 Å². The van der Waals surface area contributed by atoms with Gasteiger partial charge in [-0.15, -0.1) is 11.3 Å². The van der Waals surface area contributed by atoms with Gasteiger partial charge in [-0.3, -0.25) is 9.78 Å². The number of ketones is 1. The van der Waals surface area contributed by atoms with E-state index in [1.165, 1.54) is 18.3 Å². The second-order valence-corrected chi connectivity index (χ2v) is 7.52. The molecule has 7 heteroatoms. The highest BCUT2D eigenvalue weighted by atomic mass is 35.5. The van der Waals surface area contributed by atoms with E-state index in [0.717, 1.165) is 22.1 Å². The lowest BCUT2D eigenvalue weighted by molar-refractivity contribution is 0.101. The smallest absolute Gasteiger partial charge is 0.187 e. The van der Waals surface area contributed by atoms with Crippen molar-refractivity contribution in [2.75, 3.05) is 5.32 Å². The van der Waals surface area contributed by atoms with Crippen LogP contribution in [0.4, 0.5) is 10.8 Å². The van der Waals surface area contributed by atoms with Gasteiger partial charge in [0.15, 0.2) is 10.9 Å². The van der Waals surface area contributed by atoms with Crippen LogP contribution in [0.15, 0.2) is 72.4 Å². The molecule has 0 saturated heterocycles. The van der Waals surface area contributed by atoms with Crippen LogP contribution in [0.1, 0.15) is 17.3 Å². The van der Waals surface area contributed by atoms with Gasteiger partial charge < -0.3 is 10.1 Å². The summed E-state index contributed by atoms with van der Waals surface area (Å²) in [5.41, 5.74) is 3.03. The first-order chi connectivity index (χ1) is 14.1. The van der Waals surface area contributed by atoms with Crippen molar-refractivity contribution in [3.8, 4) is 22.8 Å². The van der Waals surface area contributed by atoms with Gasteiger partial charge in [-0.05, 0) is 61.5 Å². The quantitative estimate of drug-likeness (QED) is 0.355. The number of hydrogen-bond acceptors (Lipinski definition) is 6. The number of thiazole rings is 1. The molecule has 5 nitrogen and oxygen atoms in total. The summed E-state index contributed by atoms with van der Waals surface area (Å²) < 4.78 is 5.87. The van der Waals surface area contributed by atoms with E-state index in [1.807, 2.05) is 23.6 Å². The van der Waals surface area contributed by atoms with Gasteiger partial charge in [-0.25, -0.2) is 4.98 Å². The fraction of sp³-hybridized carbons (Fsp3) is 0.0455. The number of hydrogen-bond donors (Lipinski definition) is 1. The second-order valence-electron chi connectivity index (χ2n) is 6.23. The highest BCUT2D eigenvalue weighted by molar-refractivity contribution is 7.14. The van der Waals surface area contributed by atoms with Gasteiger partial charge in [-0.1, -0.05) is 11.6 Å². The predicted molar refractivity (Wildman–Crippen MR) is 117 cm³/mol. The van der Waals surface area contributed by atoms with Crippen LogP contribution in [0.25, 0.3) is 11.3 Å². The number of carbonyl (C=O) groups is 1. The van der Waals surface area contributed by atoms with Crippen LogP contribution >= 0.6 is 22.9 Å². The molecule has 0 aliphatic rings. The maximum absolute atomic E-state index is 12.2. The monoisotopic (exact) mass is 421 g/mol. The lowest BCUT2D eigenvalue weighted by Crippen LogP contribution is -1.99. The Morgan fingerprint density at radius 3 is 2.69 bits per heavy atom. The Bertz CT molecular complexity index is 1140. The molecule has 0 aliphatic carbocycles. The maximum atomic E-state index is 12.2. The van der Waals surface area contributed by atoms with Gasteiger partial charge in [0.25, 0.3) is 0 Å². The van der Waals surface area contributed by atoms with E-state index in [2.05, 4.69) is 15.3 Å². The number of anilines is 2. The largest absolute Gasteiger partial charge is 0.457 e. The zero-order valence-corrected chi connectivity index (χ0v) is 17.0. The Kier molecular flexibility index (Phi) is 5.55. The van der Waals surface area contributed by atoms with Crippen molar-refractivity contribution in [2.45, 2.75) is 6.92 Å². The van der Waals surface area contributed by atoms with Crippen molar-refractivity contribution >= 4 is 39.5 Å². The van der Waals surface area contributed by atoms with Crippen molar-refractivity contribution in [2.24, 2.45) is 0 Å². The van der Waals surface area contributed by atoms with E-state index in [-0.39, 0.29) is 5.78 Å². The van der Waals surface area contributed by atoms with Gasteiger partial charge in [0, 0.05) is 34.0 Å². The van der Waals surface area contributed by atoms with Crippen molar-refractivity contribution in [1.82, 2.24) is 9.97 Å². The molecule has 2 heterocycles. The molecule has 0 bridgehead atoms. The Balaban J connectivity index is 1.56. The van der Waals surface area contributed by atoms with E-state index in [1.54, 1.807) is 48.8 Å². The minimum atomic E-state index is -0.0900. The zero-order chi connectivity index (χ0) is 20.2. The number of nitrogens with zero attached hydrogens (tertiary/aromatic N) is 2. The molecule has 2 aromatic heterocycles. The van der Waals surface area contributed by atoms with Gasteiger partial charge in [0.05, 0.1) is 11.3 Å². The summed E-state index contributed by atoms with van der Waals surface area (Å²) in [6.07, 6.45) is 3.50. The van der Waals surface area contributed by atoms with Gasteiger partial charge in [-0.2, -0.15) is 0 Å². The highest BCUT2D eigenvalue weighted by Gasteiger charge is 2.12. The molecule has 1 N–H and O–H groups in total. The fourth-order valence-corrected chi connectivity index (χ4v) is 3.57. The normalized spacial score (nSPS) is 10.6. The zero-order valence-electron chi connectivity index (χ0n) is 15.4. The average molecular weight is 422 g/mol. The van der Waals surface area contributed by atoms with E-state index < -0.39 is 0 Å². The minimum absolute atomic E-state index is 0.0900. The van der Waals surface area contributed by atoms with Gasteiger partial charge in [0.1, 0.15) is 11.5 Å². The summed E-state index contributed by atoms with van der Waals surface area (Å²) in [5.74, 6) is 1.01. The summed E-state index contributed by atoms with van der Waals surface area (Å²) in [6.45, 7) is 1.51. The third-order valence-electron chi connectivity index (χ3n) is 4.11. The van der Waals surface area contributed by atoms with Crippen LogP contribution in [0.3, 0.4) is 0 Å². The molecular formula is C22H16ClN3O2S. The summed E-state index contributed by atoms with van der Waals surface area (Å²) in [7, 11) is 0.